The number of carbonyl (C=O) groups excluding carboxylic acids is 3. The molecule has 0 unspecified atom stereocenters. The lowest BCUT2D eigenvalue weighted by atomic mass is 9.83. The number of allylic oxidation sites excluding steroid dienone is 2. The smallest absolute Gasteiger partial charge is 0.222 e. The van der Waals surface area contributed by atoms with E-state index in [0.717, 1.165) is 19.4 Å². The Labute approximate surface area is 142 Å². The summed E-state index contributed by atoms with van der Waals surface area (Å²) in [5.74, 6) is 0.0256. The van der Waals surface area contributed by atoms with Crippen LogP contribution in [0.15, 0.2) is 35.4 Å². The molecule has 0 spiro atoms. The van der Waals surface area contributed by atoms with E-state index in [0.29, 0.717) is 47.6 Å². The van der Waals surface area contributed by atoms with E-state index < -0.39 is 0 Å². The summed E-state index contributed by atoms with van der Waals surface area (Å²) in [5.41, 5.74) is 2.08. The predicted molar refractivity (Wildman–Crippen MR) is 92.1 cm³/mol. The maximum atomic E-state index is 12.7. The standard InChI is InChI=1S/C20H23NO3/c1-13-7-6-12-21(13)18(22)11-5-10-15-14(2)19(23)16-8-3-4-9-17(16)20(15)24/h3-4,8-9,13H,5-7,10-12H2,1-2H3/t13-/m1/s1. The molecule has 1 heterocycles. The van der Waals surface area contributed by atoms with Crippen molar-refractivity contribution < 1.29 is 14.4 Å². The second-order valence-corrected chi connectivity index (χ2v) is 6.74. The molecule has 1 aromatic carbocycles. The van der Waals surface area contributed by atoms with Gasteiger partial charge in [-0.15, -0.1) is 0 Å². The van der Waals surface area contributed by atoms with E-state index in [2.05, 4.69) is 6.92 Å². The summed E-state index contributed by atoms with van der Waals surface area (Å²) in [6.45, 7) is 4.64. The van der Waals surface area contributed by atoms with Crippen molar-refractivity contribution in [2.45, 2.75) is 52.0 Å². The Morgan fingerprint density at radius 1 is 1.17 bits per heavy atom. The van der Waals surface area contributed by atoms with Crippen LogP contribution in [0.1, 0.15) is 66.7 Å². The first-order valence-electron chi connectivity index (χ1n) is 8.68. The van der Waals surface area contributed by atoms with Crippen LogP contribution in [0.5, 0.6) is 0 Å². The zero-order valence-electron chi connectivity index (χ0n) is 14.3. The van der Waals surface area contributed by atoms with Crippen LogP contribution in [0.4, 0.5) is 0 Å². The van der Waals surface area contributed by atoms with Crippen molar-refractivity contribution in [2.24, 2.45) is 0 Å². The number of nitrogens with zero attached hydrogens (tertiary/aromatic N) is 1. The highest BCUT2D eigenvalue weighted by molar-refractivity contribution is 6.26. The minimum absolute atomic E-state index is 0.0651. The summed E-state index contributed by atoms with van der Waals surface area (Å²) >= 11 is 0. The largest absolute Gasteiger partial charge is 0.340 e. The summed E-state index contributed by atoms with van der Waals surface area (Å²) in [5, 5.41) is 0. The highest BCUT2D eigenvalue weighted by atomic mass is 16.2. The van der Waals surface area contributed by atoms with Gasteiger partial charge in [0.15, 0.2) is 11.6 Å². The van der Waals surface area contributed by atoms with Gasteiger partial charge in [-0.05, 0) is 39.5 Å². The summed E-state index contributed by atoms with van der Waals surface area (Å²) in [6.07, 6.45) is 3.67. The lowest BCUT2D eigenvalue weighted by Gasteiger charge is -2.22. The molecule has 0 N–H and O–H groups in total. The van der Waals surface area contributed by atoms with Crippen LogP contribution >= 0.6 is 0 Å². The van der Waals surface area contributed by atoms with Gasteiger partial charge in [-0.1, -0.05) is 24.3 Å². The molecule has 1 aromatic rings. The normalized spacial score (nSPS) is 20.6. The predicted octanol–water partition coefficient (Wildman–Crippen LogP) is 3.56. The van der Waals surface area contributed by atoms with E-state index in [-0.39, 0.29) is 17.5 Å². The molecule has 3 rings (SSSR count). The van der Waals surface area contributed by atoms with E-state index >= 15 is 0 Å². The number of benzene rings is 1. The number of rotatable bonds is 4. The monoisotopic (exact) mass is 325 g/mol. The number of hydrogen-bond donors (Lipinski definition) is 0. The summed E-state index contributed by atoms with van der Waals surface area (Å²) in [7, 11) is 0. The molecule has 1 saturated heterocycles. The quantitative estimate of drug-likeness (QED) is 0.850. The highest BCUT2D eigenvalue weighted by Gasteiger charge is 2.29. The third kappa shape index (κ3) is 2.93. The topological polar surface area (TPSA) is 54.5 Å². The minimum atomic E-state index is -0.0697. The molecular weight excluding hydrogens is 302 g/mol. The summed E-state index contributed by atoms with van der Waals surface area (Å²) < 4.78 is 0. The van der Waals surface area contributed by atoms with E-state index in [1.165, 1.54) is 0 Å². The molecule has 1 amide bonds. The molecule has 1 aliphatic heterocycles. The van der Waals surface area contributed by atoms with E-state index in [1.807, 2.05) is 4.90 Å². The fraction of sp³-hybridized carbons (Fsp3) is 0.450. The van der Waals surface area contributed by atoms with Gasteiger partial charge in [-0.2, -0.15) is 0 Å². The van der Waals surface area contributed by atoms with Gasteiger partial charge in [-0.3, -0.25) is 14.4 Å². The van der Waals surface area contributed by atoms with Crippen LogP contribution < -0.4 is 0 Å². The number of amides is 1. The van der Waals surface area contributed by atoms with Crippen molar-refractivity contribution in [3.05, 3.63) is 46.5 Å². The second kappa shape index (κ2) is 6.71. The van der Waals surface area contributed by atoms with Crippen LogP contribution in [0.25, 0.3) is 0 Å². The Morgan fingerprint density at radius 3 is 2.46 bits per heavy atom. The Kier molecular flexibility index (Phi) is 4.65. The molecule has 4 nitrogen and oxygen atoms in total. The number of likely N-dealkylation sites (tertiary alicyclic amines) is 1. The minimum Gasteiger partial charge on any atom is -0.340 e. The fourth-order valence-corrected chi connectivity index (χ4v) is 3.72. The Bertz CT molecular complexity index is 732. The molecule has 4 heteroatoms. The van der Waals surface area contributed by atoms with Crippen molar-refractivity contribution >= 4 is 17.5 Å². The van der Waals surface area contributed by atoms with Crippen molar-refractivity contribution in [3.63, 3.8) is 0 Å². The third-order valence-corrected chi connectivity index (χ3v) is 5.17. The van der Waals surface area contributed by atoms with Gasteiger partial charge in [0, 0.05) is 41.3 Å². The molecule has 0 saturated carbocycles. The number of ketones is 2. The maximum Gasteiger partial charge on any atom is 0.222 e. The maximum absolute atomic E-state index is 12.7. The number of hydrogen-bond acceptors (Lipinski definition) is 3. The van der Waals surface area contributed by atoms with Gasteiger partial charge < -0.3 is 4.90 Å². The molecule has 0 aromatic heterocycles. The summed E-state index contributed by atoms with van der Waals surface area (Å²) in [4.78, 5) is 39.3. The molecule has 0 radical (unpaired) electrons. The molecule has 1 atom stereocenters. The lowest BCUT2D eigenvalue weighted by Crippen LogP contribution is -2.33. The van der Waals surface area contributed by atoms with E-state index in [9.17, 15) is 14.4 Å². The lowest BCUT2D eigenvalue weighted by molar-refractivity contribution is -0.131. The number of fused-ring (bicyclic) bond motifs is 1. The van der Waals surface area contributed by atoms with Crippen molar-refractivity contribution in [1.82, 2.24) is 4.90 Å². The SMILES string of the molecule is CC1=C(CCCC(=O)N2CCC[C@H]2C)C(=O)c2ccccc2C1=O. The van der Waals surface area contributed by atoms with Crippen LogP contribution in [0.3, 0.4) is 0 Å². The second-order valence-electron chi connectivity index (χ2n) is 6.74. The van der Waals surface area contributed by atoms with Crippen LogP contribution in [-0.2, 0) is 4.79 Å². The van der Waals surface area contributed by atoms with E-state index in [4.69, 9.17) is 0 Å². The van der Waals surface area contributed by atoms with Gasteiger partial charge in [0.25, 0.3) is 0 Å². The van der Waals surface area contributed by atoms with Crippen LogP contribution in [-0.4, -0.2) is 35.0 Å². The molecule has 1 fully saturated rings. The first-order chi connectivity index (χ1) is 11.5. The van der Waals surface area contributed by atoms with E-state index in [1.54, 1.807) is 31.2 Å². The van der Waals surface area contributed by atoms with Crippen LogP contribution in [0.2, 0.25) is 0 Å². The van der Waals surface area contributed by atoms with Crippen LogP contribution in [0, 0.1) is 0 Å². The molecular formula is C20H23NO3. The number of Topliss-reactive ketones (excluding diaryl/α,β-unsaturated/α-hetero) is 2. The van der Waals surface area contributed by atoms with Crippen molar-refractivity contribution in [1.29, 1.82) is 0 Å². The third-order valence-electron chi connectivity index (χ3n) is 5.17. The molecule has 126 valence electrons. The van der Waals surface area contributed by atoms with Gasteiger partial charge in [-0.25, -0.2) is 0 Å². The Hall–Kier alpha value is -2.23. The average Bonchev–Trinajstić information content (AvgIpc) is 3.02. The highest BCUT2D eigenvalue weighted by Crippen LogP contribution is 2.29. The molecule has 1 aliphatic carbocycles. The Balaban J connectivity index is 1.67. The fourth-order valence-electron chi connectivity index (χ4n) is 3.72. The first-order valence-corrected chi connectivity index (χ1v) is 8.68. The van der Waals surface area contributed by atoms with Crippen molar-refractivity contribution in [3.8, 4) is 0 Å². The zero-order valence-corrected chi connectivity index (χ0v) is 14.3. The van der Waals surface area contributed by atoms with Gasteiger partial charge >= 0.3 is 0 Å². The van der Waals surface area contributed by atoms with Gasteiger partial charge in [0.2, 0.25) is 5.91 Å². The average molecular weight is 325 g/mol. The molecule has 2 aliphatic rings. The van der Waals surface area contributed by atoms with Gasteiger partial charge in [0.1, 0.15) is 0 Å². The van der Waals surface area contributed by atoms with Gasteiger partial charge in [0.05, 0.1) is 0 Å². The molecule has 24 heavy (non-hydrogen) atoms. The molecule has 0 bridgehead atoms. The number of carbonyl (C=O) groups is 3. The summed E-state index contributed by atoms with van der Waals surface area (Å²) in [6, 6.07) is 7.29. The van der Waals surface area contributed by atoms with Crippen molar-refractivity contribution in [2.75, 3.05) is 6.54 Å². The first kappa shape index (κ1) is 16.6. The zero-order chi connectivity index (χ0) is 17.3. The Morgan fingerprint density at radius 2 is 1.83 bits per heavy atom.